The number of hydrogen-bond acceptors (Lipinski definition) is 2. The van der Waals surface area contributed by atoms with Gasteiger partial charge in [-0.3, -0.25) is 0 Å². The summed E-state index contributed by atoms with van der Waals surface area (Å²) in [7, 11) is 0. The highest BCUT2D eigenvalue weighted by molar-refractivity contribution is 4.76. The third kappa shape index (κ3) is 2.67. The fourth-order valence-electron chi connectivity index (χ4n) is 0.990. The van der Waals surface area contributed by atoms with Gasteiger partial charge in [-0.1, -0.05) is 0 Å². The number of rotatable bonds is 0. The van der Waals surface area contributed by atoms with E-state index >= 15 is 0 Å². The van der Waals surface area contributed by atoms with Gasteiger partial charge in [0.05, 0.1) is 6.61 Å². The standard InChI is InChI=1S/C6H10F3NO/c7-6(8,9)5-1-3-11-4-2-10-5/h5,10H,1-4H2. The molecule has 1 aliphatic heterocycles. The zero-order valence-corrected chi connectivity index (χ0v) is 5.95. The van der Waals surface area contributed by atoms with Crippen LogP contribution in [-0.4, -0.2) is 32.0 Å². The van der Waals surface area contributed by atoms with E-state index in [4.69, 9.17) is 4.74 Å². The Balaban J connectivity index is 2.43. The lowest BCUT2D eigenvalue weighted by molar-refractivity contribution is -0.156. The van der Waals surface area contributed by atoms with Gasteiger partial charge in [-0.25, -0.2) is 0 Å². The van der Waals surface area contributed by atoms with Crippen LogP contribution in [0.1, 0.15) is 6.42 Å². The first-order valence-electron chi connectivity index (χ1n) is 3.48. The number of ether oxygens (including phenoxy) is 1. The van der Waals surface area contributed by atoms with E-state index in [1.165, 1.54) is 0 Å². The van der Waals surface area contributed by atoms with Crippen molar-refractivity contribution in [3.63, 3.8) is 0 Å². The minimum absolute atomic E-state index is 0.0174. The highest BCUT2D eigenvalue weighted by Gasteiger charge is 2.39. The van der Waals surface area contributed by atoms with Crippen molar-refractivity contribution in [2.75, 3.05) is 19.8 Å². The Kier molecular flexibility index (Phi) is 2.72. The molecule has 0 aromatic rings. The van der Waals surface area contributed by atoms with Crippen molar-refractivity contribution in [3.05, 3.63) is 0 Å². The molecule has 1 atom stereocenters. The Morgan fingerprint density at radius 2 is 2.00 bits per heavy atom. The monoisotopic (exact) mass is 169 g/mol. The normalized spacial score (nSPS) is 28.1. The summed E-state index contributed by atoms with van der Waals surface area (Å²) in [5.41, 5.74) is 0. The molecule has 5 heteroatoms. The molecule has 0 spiro atoms. The van der Waals surface area contributed by atoms with Crippen molar-refractivity contribution in [2.45, 2.75) is 18.6 Å². The summed E-state index contributed by atoms with van der Waals surface area (Å²) in [6.45, 7) is 0.841. The molecule has 0 aromatic carbocycles. The number of alkyl halides is 3. The van der Waals surface area contributed by atoms with Crippen molar-refractivity contribution in [2.24, 2.45) is 0 Å². The van der Waals surface area contributed by atoms with Crippen molar-refractivity contribution in [3.8, 4) is 0 Å². The molecule has 2 nitrogen and oxygen atoms in total. The molecule has 0 bridgehead atoms. The topological polar surface area (TPSA) is 21.3 Å². The molecular weight excluding hydrogens is 159 g/mol. The van der Waals surface area contributed by atoms with Crippen molar-refractivity contribution < 1.29 is 17.9 Å². The summed E-state index contributed by atoms with van der Waals surface area (Å²) < 4.78 is 40.9. The van der Waals surface area contributed by atoms with Gasteiger partial charge in [0.25, 0.3) is 0 Å². The molecular formula is C6H10F3NO. The van der Waals surface area contributed by atoms with E-state index < -0.39 is 12.2 Å². The van der Waals surface area contributed by atoms with E-state index in [-0.39, 0.29) is 19.6 Å². The maximum atomic E-state index is 12.0. The molecule has 0 saturated carbocycles. The molecule has 0 radical (unpaired) electrons. The summed E-state index contributed by atoms with van der Waals surface area (Å²) >= 11 is 0. The maximum Gasteiger partial charge on any atom is 0.403 e. The smallest absolute Gasteiger partial charge is 0.380 e. The van der Waals surface area contributed by atoms with Crippen LogP contribution in [0.4, 0.5) is 13.2 Å². The minimum Gasteiger partial charge on any atom is -0.380 e. The Morgan fingerprint density at radius 1 is 1.27 bits per heavy atom. The lowest BCUT2D eigenvalue weighted by Gasteiger charge is -2.17. The number of nitrogens with one attached hydrogen (secondary N) is 1. The van der Waals surface area contributed by atoms with Crippen LogP contribution in [0.25, 0.3) is 0 Å². The van der Waals surface area contributed by atoms with Crippen LogP contribution < -0.4 is 5.32 Å². The number of hydrogen-bond donors (Lipinski definition) is 1. The molecule has 1 fully saturated rings. The zero-order chi connectivity index (χ0) is 8.32. The van der Waals surface area contributed by atoms with Gasteiger partial charge in [0.2, 0.25) is 0 Å². The Morgan fingerprint density at radius 3 is 2.64 bits per heavy atom. The second-order valence-corrected chi connectivity index (χ2v) is 2.45. The van der Waals surface area contributed by atoms with Gasteiger partial charge in [-0.2, -0.15) is 13.2 Å². The average Bonchev–Trinajstić information content (AvgIpc) is 2.10. The molecule has 1 heterocycles. The fraction of sp³-hybridized carbons (Fsp3) is 1.00. The highest BCUT2D eigenvalue weighted by Crippen LogP contribution is 2.22. The summed E-state index contributed by atoms with van der Waals surface area (Å²) in [6, 6.07) is -1.38. The first kappa shape index (κ1) is 8.80. The van der Waals surface area contributed by atoms with Gasteiger partial charge in [0.1, 0.15) is 6.04 Å². The van der Waals surface area contributed by atoms with Gasteiger partial charge in [0, 0.05) is 13.2 Å². The van der Waals surface area contributed by atoms with Gasteiger partial charge in [-0.15, -0.1) is 0 Å². The first-order valence-corrected chi connectivity index (χ1v) is 3.48. The van der Waals surface area contributed by atoms with E-state index in [1.807, 2.05) is 0 Å². The molecule has 1 saturated heterocycles. The molecule has 1 aliphatic rings. The summed E-state index contributed by atoms with van der Waals surface area (Å²) in [6.07, 6.45) is -4.11. The molecule has 66 valence electrons. The van der Waals surface area contributed by atoms with E-state index in [0.29, 0.717) is 6.61 Å². The third-order valence-corrected chi connectivity index (χ3v) is 1.58. The largest absolute Gasteiger partial charge is 0.403 e. The predicted octanol–water partition coefficient (Wildman–Crippen LogP) is 0.927. The van der Waals surface area contributed by atoms with Gasteiger partial charge in [-0.05, 0) is 6.42 Å². The Bertz CT molecular complexity index is 117. The Hall–Kier alpha value is -0.290. The number of halogens is 3. The first-order chi connectivity index (χ1) is 5.11. The average molecular weight is 169 g/mol. The molecule has 1 N–H and O–H groups in total. The Labute approximate surface area is 62.7 Å². The van der Waals surface area contributed by atoms with E-state index in [2.05, 4.69) is 5.32 Å². The van der Waals surface area contributed by atoms with Crippen LogP contribution in [0.15, 0.2) is 0 Å². The second kappa shape index (κ2) is 3.40. The molecule has 1 rings (SSSR count). The van der Waals surface area contributed by atoms with Crippen LogP contribution in [0.3, 0.4) is 0 Å². The van der Waals surface area contributed by atoms with Crippen LogP contribution >= 0.6 is 0 Å². The van der Waals surface area contributed by atoms with Crippen molar-refractivity contribution >= 4 is 0 Å². The summed E-state index contributed by atoms with van der Waals surface area (Å²) in [4.78, 5) is 0. The highest BCUT2D eigenvalue weighted by atomic mass is 19.4. The van der Waals surface area contributed by atoms with Gasteiger partial charge >= 0.3 is 6.18 Å². The molecule has 0 aromatic heterocycles. The minimum atomic E-state index is -4.13. The third-order valence-electron chi connectivity index (χ3n) is 1.58. The molecule has 0 aliphatic carbocycles. The van der Waals surface area contributed by atoms with Crippen molar-refractivity contribution in [1.82, 2.24) is 5.32 Å². The van der Waals surface area contributed by atoms with Gasteiger partial charge in [0.15, 0.2) is 0 Å². The van der Waals surface area contributed by atoms with Crippen LogP contribution in [0.2, 0.25) is 0 Å². The van der Waals surface area contributed by atoms with Crippen molar-refractivity contribution in [1.29, 1.82) is 0 Å². The summed E-state index contributed by atoms with van der Waals surface area (Å²) in [5.74, 6) is 0. The maximum absolute atomic E-state index is 12.0. The summed E-state index contributed by atoms with van der Waals surface area (Å²) in [5, 5.41) is 2.37. The molecule has 1 unspecified atom stereocenters. The fourth-order valence-corrected chi connectivity index (χ4v) is 0.990. The van der Waals surface area contributed by atoms with Crippen LogP contribution in [0.5, 0.6) is 0 Å². The lowest BCUT2D eigenvalue weighted by atomic mass is 10.2. The molecule has 11 heavy (non-hydrogen) atoms. The lowest BCUT2D eigenvalue weighted by Crippen LogP contribution is -2.42. The van der Waals surface area contributed by atoms with E-state index in [9.17, 15) is 13.2 Å². The SMILES string of the molecule is FC(F)(F)C1CCOCCN1. The van der Waals surface area contributed by atoms with Crippen LogP contribution in [0, 0.1) is 0 Å². The second-order valence-electron chi connectivity index (χ2n) is 2.45. The zero-order valence-electron chi connectivity index (χ0n) is 5.95. The predicted molar refractivity (Wildman–Crippen MR) is 33.3 cm³/mol. The molecule has 0 amide bonds. The quantitative estimate of drug-likeness (QED) is 0.582. The van der Waals surface area contributed by atoms with Gasteiger partial charge < -0.3 is 10.1 Å². The van der Waals surface area contributed by atoms with E-state index in [1.54, 1.807) is 0 Å². The van der Waals surface area contributed by atoms with Crippen LogP contribution in [-0.2, 0) is 4.74 Å². The van der Waals surface area contributed by atoms with E-state index in [0.717, 1.165) is 0 Å².